The molecule has 1 nitrogen and oxygen atoms in total. The molecule has 0 aromatic heterocycles. The van der Waals surface area contributed by atoms with Crippen molar-refractivity contribution in [2.75, 3.05) is 0 Å². The molecule has 0 aromatic carbocycles. The molecule has 0 bridgehead atoms. The maximum atomic E-state index is 5.34. The third-order valence-electron chi connectivity index (χ3n) is 0.469. The predicted octanol–water partition coefficient (Wildman–Crippen LogP) is 2.07. The van der Waals surface area contributed by atoms with Gasteiger partial charge in [-0.3, -0.25) is 0 Å². The first-order valence-corrected chi connectivity index (χ1v) is 3.40. The minimum Gasteiger partial charge on any atom is -0.402 e. The fraction of sp³-hybridized carbons (Fsp3) is 0.333. The molecule has 0 amide bonds. The highest BCUT2D eigenvalue weighted by Crippen LogP contribution is 2.04. The van der Waals surface area contributed by atoms with Crippen molar-refractivity contribution in [3.63, 3.8) is 0 Å². The molecule has 0 aliphatic heterocycles. The lowest BCUT2D eigenvalue weighted by molar-refractivity contribution is 1.33. The first kappa shape index (κ1) is 7.63. The molecule has 0 saturated carbocycles. The van der Waals surface area contributed by atoms with Gasteiger partial charge in [0.2, 0.25) is 0 Å². The zero-order valence-corrected chi connectivity index (χ0v) is 6.03. The van der Waals surface area contributed by atoms with E-state index in [1.807, 2.05) is 30.7 Å². The van der Waals surface area contributed by atoms with Crippen molar-refractivity contribution in [1.29, 1.82) is 0 Å². The van der Waals surface area contributed by atoms with E-state index in [0.29, 0.717) is 0 Å². The van der Waals surface area contributed by atoms with Crippen LogP contribution < -0.4 is 5.73 Å². The summed E-state index contributed by atoms with van der Waals surface area (Å²) in [7, 11) is 0. The number of rotatable bonds is 2. The lowest BCUT2D eigenvalue weighted by Crippen LogP contribution is -1.86. The minimum absolute atomic E-state index is 0.855. The van der Waals surface area contributed by atoms with E-state index in [2.05, 4.69) is 0 Å². The van der Waals surface area contributed by atoms with Crippen molar-refractivity contribution in [1.82, 2.24) is 0 Å². The smallest absolute Gasteiger partial charge is 0.0116 e. The van der Waals surface area contributed by atoms with Gasteiger partial charge in [-0.05, 0) is 24.7 Å². The Balaban J connectivity index is 3.30. The maximum absolute atomic E-state index is 5.34. The van der Waals surface area contributed by atoms with E-state index < -0.39 is 0 Å². The van der Waals surface area contributed by atoms with Gasteiger partial charge in [-0.2, -0.15) is 0 Å². The van der Waals surface area contributed by atoms with E-state index in [9.17, 15) is 0 Å². The summed E-state index contributed by atoms with van der Waals surface area (Å²) in [5, 5.41) is 3.89. The van der Waals surface area contributed by atoms with Gasteiger partial charge < -0.3 is 5.73 Å². The topological polar surface area (TPSA) is 26.0 Å². The normalized spacial score (nSPS) is 13.0. The number of thioether (sulfide) groups is 1. The summed E-state index contributed by atoms with van der Waals surface area (Å²) in [5.41, 5.74) is 6.19. The molecule has 0 saturated heterocycles. The molecule has 0 unspecified atom stereocenters. The van der Waals surface area contributed by atoms with Gasteiger partial charge in [0, 0.05) is 5.70 Å². The van der Waals surface area contributed by atoms with Crippen molar-refractivity contribution in [2.24, 2.45) is 5.73 Å². The highest BCUT2D eigenvalue weighted by atomic mass is 32.2. The van der Waals surface area contributed by atoms with Crippen molar-refractivity contribution >= 4 is 11.8 Å². The molecule has 0 fully saturated rings. The first-order valence-electron chi connectivity index (χ1n) is 2.46. The Bertz CT molecular complexity index is 101. The van der Waals surface area contributed by atoms with Gasteiger partial charge in [0.15, 0.2) is 0 Å². The Morgan fingerprint density at radius 3 is 2.62 bits per heavy atom. The molecule has 0 atom stereocenters. The molecular weight excluding hydrogens is 118 g/mol. The fourth-order valence-electron chi connectivity index (χ4n) is 0.225. The van der Waals surface area contributed by atoms with Crippen LogP contribution in [0.25, 0.3) is 0 Å². The molecule has 2 N–H and O–H groups in total. The highest BCUT2D eigenvalue weighted by molar-refractivity contribution is 8.04. The van der Waals surface area contributed by atoms with Crippen LogP contribution in [0.4, 0.5) is 0 Å². The van der Waals surface area contributed by atoms with E-state index in [1.54, 1.807) is 11.8 Å². The molecule has 0 radical (unpaired) electrons. The van der Waals surface area contributed by atoms with E-state index in [-0.39, 0.29) is 0 Å². The standard InChI is InChI=1S/C6H11NS/c1-3-4-8-5-6(2)7/h3-5H,7H2,1-2H3/b4-3-,6-5-. The van der Waals surface area contributed by atoms with Crippen LogP contribution in [-0.4, -0.2) is 0 Å². The zero-order valence-electron chi connectivity index (χ0n) is 5.22. The van der Waals surface area contributed by atoms with Gasteiger partial charge in [0.1, 0.15) is 0 Å². The second-order valence-corrected chi connectivity index (χ2v) is 2.25. The van der Waals surface area contributed by atoms with Crippen molar-refractivity contribution in [3.8, 4) is 0 Å². The maximum Gasteiger partial charge on any atom is 0.0116 e. The van der Waals surface area contributed by atoms with Gasteiger partial charge in [0.05, 0.1) is 0 Å². The second kappa shape index (κ2) is 4.78. The van der Waals surface area contributed by atoms with Crippen molar-refractivity contribution in [2.45, 2.75) is 13.8 Å². The fourth-order valence-corrected chi connectivity index (χ4v) is 0.676. The van der Waals surface area contributed by atoms with Crippen LogP contribution in [0.1, 0.15) is 13.8 Å². The Morgan fingerprint density at radius 2 is 2.25 bits per heavy atom. The average molecular weight is 129 g/mol. The van der Waals surface area contributed by atoms with Crippen molar-refractivity contribution in [3.05, 3.63) is 22.6 Å². The largest absolute Gasteiger partial charge is 0.402 e. The SMILES string of the molecule is C/C=C\S/C=C(/C)N. The van der Waals surface area contributed by atoms with Crippen LogP contribution in [0, 0.1) is 0 Å². The monoisotopic (exact) mass is 129 g/mol. The van der Waals surface area contributed by atoms with E-state index in [0.717, 1.165) is 5.70 Å². The van der Waals surface area contributed by atoms with Crippen LogP contribution in [0.5, 0.6) is 0 Å². The highest BCUT2D eigenvalue weighted by Gasteiger charge is 1.71. The molecule has 0 aliphatic rings. The lowest BCUT2D eigenvalue weighted by atomic mass is 10.6. The summed E-state index contributed by atoms with van der Waals surface area (Å²) >= 11 is 1.59. The number of nitrogens with two attached hydrogens (primary N) is 1. The zero-order chi connectivity index (χ0) is 6.41. The van der Waals surface area contributed by atoms with Gasteiger partial charge in [-0.15, -0.1) is 11.8 Å². The summed E-state index contributed by atoms with van der Waals surface area (Å²) in [6.07, 6.45) is 1.98. The molecule has 46 valence electrons. The summed E-state index contributed by atoms with van der Waals surface area (Å²) in [4.78, 5) is 0. The van der Waals surface area contributed by atoms with Crippen LogP contribution in [-0.2, 0) is 0 Å². The van der Waals surface area contributed by atoms with Gasteiger partial charge in [0.25, 0.3) is 0 Å². The molecule has 0 aliphatic carbocycles. The number of hydrogen-bond acceptors (Lipinski definition) is 2. The van der Waals surface area contributed by atoms with Crippen molar-refractivity contribution < 1.29 is 0 Å². The molecular formula is C6H11NS. The van der Waals surface area contributed by atoms with E-state index in [4.69, 9.17) is 5.73 Å². The molecule has 0 rings (SSSR count). The molecule has 8 heavy (non-hydrogen) atoms. The summed E-state index contributed by atoms with van der Waals surface area (Å²) < 4.78 is 0. The van der Waals surface area contributed by atoms with Crippen LogP contribution >= 0.6 is 11.8 Å². The summed E-state index contributed by atoms with van der Waals surface area (Å²) in [6, 6.07) is 0. The van der Waals surface area contributed by atoms with E-state index in [1.165, 1.54) is 0 Å². The minimum atomic E-state index is 0.855. The van der Waals surface area contributed by atoms with E-state index >= 15 is 0 Å². The van der Waals surface area contributed by atoms with Gasteiger partial charge in [-0.1, -0.05) is 6.08 Å². The molecule has 2 heteroatoms. The van der Waals surface area contributed by atoms with Gasteiger partial charge in [-0.25, -0.2) is 0 Å². The third-order valence-corrected chi connectivity index (χ3v) is 1.41. The lowest BCUT2D eigenvalue weighted by Gasteiger charge is -1.83. The quantitative estimate of drug-likeness (QED) is 0.617. The Morgan fingerprint density at radius 1 is 1.62 bits per heavy atom. The molecule has 0 aromatic rings. The van der Waals surface area contributed by atoms with Crippen LogP contribution in [0.2, 0.25) is 0 Å². The summed E-state index contributed by atoms with van der Waals surface area (Å²) in [5.74, 6) is 0. The Labute approximate surface area is 54.6 Å². The Kier molecular flexibility index (Phi) is 4.56. The van der Waals surface area contributed by atoms with Crippen LogP contribution in [0.15, 0.2) is 22.6 Å². The average Bonchev–Trinajstić information content (AvgIpc) is 1.66. The molecule has 0 spiro atoms. The predicted molar refractivity (Wildman–Crippen MR) is 40.3 cm³/mol. The molecule has 0 heterocycles. The van der Waals surface area contributed by atoms with Crippen LogP contribution in [0.3, 0.4) is 0 Å². The number of hydrogen-bond donors (Lipinski definition) is 1. The first-order chi connectivity index (χ1) is 3.77. The number of allylic oxidation sites excluding steroid dienone is 2. The Hall–Kier alpha value is -0.370. The summed E-state index contributed by atoms with van der Waals surface area (Å²) in [6.45, 7) is 3.85. The van der Waals surface area contributed by atoms with Gasteiger partial charge >= 0.3 is 0 Å². The second-order valence-electron chi connectivity index (χ2n) is 1.47. The third kappa shape index (κ3) is 5.63.